The first kappa shape index (κ1) is 17.5. The Morgan fingerprint density at radius 3 is 3.00 bits per heavy atom. The lowest BCUT2D eigenvalue weighted by Crippen LogP contribution is -2.35. The number of hydrogen-bond acceptors (Lipinski definition) is 4. The normalized spacial score (nSPS) is 17.6. The van der Waals surface area contributed by atoms with Crippen LogP contribution < -0.4 is 10.1 Å². The molecule has 0 aliphatic carbocycles. The summed E-state index contributed by atoms with van der Waals surface area (Å²) in [6.45, 7) is 1.25. The van der Waals surface area contributed by atoms with E-state index in [2.05, 4.69) is 10.3 Å². The molecule has 1 unspecified atom stereocenters. The zero-order valence-corrected chi connectivity index (χ0v) is 14.3. The van der Waals surface area contributed by atoms with Crippen LogP contribution in [0.3, 0.4) is 0 Å². The Morgan fingerprint density at radius 1 is 1.40 bits per heavy atom. The van der Waals surface area contributed by atoms with Gasteiger partial charge in [-0.05, 0) is 25.0 Å². The summed E-state index contributed by atoms with van der Waals surface area (Å²) < 4.78 is 20.7. The van der Waals surface area contributed by atoms with Gasteiger partial charge in [0.15, 0.2) is 4.80 Å². The van der Waals surface area contributed by atoms with Gasteiger partial charge in [0.05, 0.1) is 11.7 Å². The van der Waals surface area contributed by atoms with Crippen LogP contribution in [0.4, 0.5) is 4.39 Å². The Bertz CT molecular complexity index is 824. The Morgan fingerprint density at radius 2 is 2.24 bits per heavy atom. The molecular formula is C17H18FN3O3S. The lowest BCUT2D eigenvalue weighted by Gasteiger charge is -2.11. The van der Waals surface area contributed by atoms with E-state index in [1.807, 2.05) is 0 Å². The zero-order chi connectivity index (χ0) is 17.6. The SMILES string of the molecule is O=C(Cn1ccsc1=NC(=O)c1ccccc1F)NCC1CCCO1. The van der Waals surface area contributed by atoms with Crippen LogP contribution in [0.15, 0.2) is 40.8 Å². The number of carbonyl (C=O) groups excluding carboxylic acids is 2. The maximum Gasteiger partial charge on any atom is 0.282 e. The smallest absolute Gasteiger partial charge is 0.282 e. The van der Waals surface area contributed by atoms with Crippen LogP contribution in [0, 0.1) is 5.82 Å². The van der Waals surface area contributed by atoms with Crippen LogP contribution in [0.25, 0.3) is 0 Å². The molecule has 3 rings (SSSR count). The highest BCUT2D eigenvalue weighted by Gasteiger charge is 2.16. The van der Waals surface area contributed by atoms with Crippen molar-refractivity contribution >= 4 is 23.2 Å². The first-order valence-electron chi connectivity index (χ1n) is 7.99. The number of benzene rings is 1. The van der Waals surface area contributed by atoms with Gasteiger partial charge >= 0.3 is 0 Å². The van der Waals surface area contributed by atoms with Crippen molar-refractivity contribution in [2.45, 2.75) is 25.5 Å². The molecule has 25 heavy (non-hydrogen) atoms. The van der Waals surface area contributed by atoms with Gasteiger partial charge in [-0.1, -0.05) is 12.1 Å². The number of ether oxygens (including phenoxy) is 1. The molecule has 132 valence electrons. The maximum atomic E-state index is 13.7. The van der Waals surface area contributed by atoms with Gasteiger partial charge in [0.2, 0.25) is 5.91 Å². The summed E-state index contributed by atoms with van der Waals surface area (Å²) in [5.41, 5.74) is -0.0923. The van der Waals surface area contributed by atoms with Crippen LogP contribution in [0.2, 0.25) is 0 Å². The molecule has 1 aromatic carbocycles. The van der Waals surface area contributed by atoms with Crippen molar-refractivity contribution in [3.05, 3.63) is 52.0 Å². The third-order valence-electron chi connectivity index (χ3n) is 3.83. The van der Waals surface area contributed by atoms with Crippen molar-refractivity contribution in [1.29, 1.82) is 0 Å². The van der Waals surface area contributed by atoms with Gasteiger partial charge in [-0.2, -0.15) is 4.99 Å². The predicted molar refractivity (Wildman–Crippen MR) is 90.6 cm³/mol. The minimum Gasteiger partial charge on any atom is -0.376 e. The summed E-state index contributed by atoms with van der Waals surface area (Å²) in [4.78, 5) is 28.5. The van der Waals surface area contributed by atoms with E-state index in [0.717, 1.165) is 19.4 Å². The number of carbonyl (C=O) groups is 2. The second kappa shape index (κ2) is 8.17. The molecule has 0 radical (unpaired) electrons. The van der Waals surface area contributed by atoms with Gasteiger partial charge in [-0.3, -0.25) is 9.59 Å². The quantitative estimate of drug-likeness (QED) is 0.879. The minimum atomic E-state index is -0.672. The maximum absolute atomic E-state index is 13.7. The van der Waals surface area contributed by atoms with Crippen molar-refractivity contribution in [3.63, 3.8) is 0 Å². The van der Waals surface area contributed by atoms with Gasteiger partial charge in [-0.15, -0.1) is 11.3 Å². The van der Waals surface area contributed by atoms with Crippen LogP contribution in [-0.4, -0.2) is 35.6 Å². The highest BCUT2D eigenvalue weighted by Crippen LogP contribution is 2.10. The second-order valence-corrected chi connectivity index (χ2v) is 6.52. The molecule has 0 saturated carbocycles. The number of nitrogens with one attached hydrogen (secondary N) is 1. The third-order valence-corrected chi connectivity index (χ3v) is 4.62. The zero-order valence-electron chi connectivity index (χ0n) is 13.5. The molecule has 1 aromatic heterocycles. The van der Waals surface area contributed by atoms with Crippen LogP contribution in [-0.2, 0) is 16.1 Å². The second-order valence-electron chi connectivity index (χ2n) is 5.65. The number of thiazole rings is 1. The first-order valence-corrected chi connectivity index (χ1v) is 8.87. The van der Waals surface area contributed by atoms with Crippen LogP contribution in [0.5, 0.6) is 0 Å². The first-order chi connectivity index (χ1) is 12.1. The van der Waals surface area contributed by atoms with Crippen molar-refractivity contribution in [3.8, 4) is 0 Å². The van der Waals surface area contributed by atoms with E-state index >= 15 is 0 Å². The predicted octanol–water partition coefficient (Wildman–Crippen LogP) is 1.72. The number of aromatic nitrogens is 1. The average molecular weight is 363 g/mol. The van der Waals surface area contributed by atoms with Crippen molar-refractivity contribution in [2.75, 3.05) is 13.2 Å². The molecule has 2 heterocycles. The van der Waals surface area contributed by atoms with E-state index < -0.39 is 11.7 Å². The molecule has 2 amide bonds. The third kappa shape index (κ3) is 4.61. The number of hydrogen-bond donors (Lipinski definition) is 1. The lowest BCUT2D eigenvalue weighted by atomic mass is 10.2. The van der Waals surface area contributed by atoms with Crippen molar-refractivity contribution in [2.24, 2.45) is 4.99 Å². The van der Waals surface area contributed by atoms with E-state index in [9.17, 15) is 14.0 Å². The molecule has 1 atom stereocenters. The van der Waals surface area contributed by atoms with Gasteiger partial charge in [0.25, 0.3) is 5.91 Å². The Balaban J connectivity index is 1.66. The molecule has 6 nitrogen and oxygen atoms in total. The topological polar surface area (TPSA) is 72.7 Å². The fraction of sp³-hybridized carbons (Fsp3) is 0.353. The molecule has 0 spiro atoms. The summed E-state index contributed by atoms with van der Waals surface area (Å²) >= 11 is 1.21. The molecular weight excluding hydrogens is 345 g/mol. The summed E-state index contributed by atoms with van der Waals surface area (Å²) in [5.74, 6) is -1.48. The van der Waals surface area contributed by atoms with E-state index in [1.54, 1.807) is 22.2 Å². The Kier molecular flexibility index (Phi) is 5.72. The highest BCUT2D eigenvalue weighted by atomic mass is 32.1. The number of nitrogens with zero attached hydrogens (tertiary/aromatic N) is 2. The van der Waals surface area contributed by atoms with Gasteiger partial charge < -0.3 is 14.6 Å². The largest absolute Gasteiger partial charge is 0.376 e. The fourth-order valence-electron chi connectivity index (χ4n) is 2.53. The highest BCUT2D eigenvalue weighted by molar-refractivity contribution is 7.07. The van der Waals surface area contributed by atoms with Gasteiger partial charge in [0, 0.05) is 24.7 Å². The van der Waals surface area contributed by atoms with E-state index in [1.165, 1.54) is 29.5 Å². The van der Waals surface area contributed by atoms with Crippen molar-refractivity contribution < 1.29 is 18.7 Å². The Hall–Kier alpha value is -2.32. The monoisotopic (exact) mass is 363 g/mol. The molecule has 1 aliphatic rings. The van der Waals surface area contributed by atoms with E-state index in [-0.39, 0.29) is 24.1 Å². The van der Waals surface area contributed by atoms with E-state index in [0.29, 0.717) is 11.3 Å². The van der Waals surface area contributed by atoms with Crippen molar-refractivity contribution in [1.82, 2.24) is 9.88 Å². The lowest BCUT2D eigenvalue weighted by molar-refractivity contribution is -0.122. The number of rotatable bonds is 5. The van der Waals surface area contributed by atoms with Crippen LogP contribution in [0.1, 0.15) is 23.2 Å². The summed E-state index contributed by atoms with van der Waals surface area (Å²) in [5, 5.41) is 4.54. The molecule has 1 saturated heterocycles. The average Bonchev–Trinajstić information content (AvgIpc) is 3.26. The van der Waals surface area contributed by atoms with Gasteiger partial charge in [0.1, 0.15) is 12.4 Å². The molecule has 1 aliphatic heterocycles. The minimum absolute atomic E-state index is 0.0413. The van der Waals surface area contributed by atoms with Crippen LogP contribution >= 0.6 is 11.3 Å². The summed E-state index contributed by atoms with van der Waals surface area (Å²) in [6.07, 6.45) is 3.71. The molecule has 8 heteroatoms. The molecule has 1 fully saturated rings. The fourth-order valence-corrected chi connectivity index (χ4v) is 3.26. The van der Waals surface area contributed by atoms with E-state index in [4.69, 9.17) is 4.74 Å². The Labute approximate surface area is 148 Å². The number of halogens is 1. The molecule has 1 N–H and O–H groups in total. The summed E-state index contributed by atoms with van der Waals surface area (Å²) in [6, 6.07) is 5.68. The standard InChI is InChI=1S/C17H18FN3O3S/c18-14-6-2-1-5-13(14)16(23)20-17-21(7-9-25-17)11-15(22)19-10-12-4-3-8-24-12/h1-2,5-7,9,12H,3-4,8,10-11H2,(H,19,22). The summed E-state index contributed by atoms with van der Waals surface area (Å²) in [7, 11) is 0. The molecule has 2 aromatic rings. The molecule has 0 bridgehead atoms. The van der Waals surface area contributed by atoms with Gasteiger partial charge in [-0.25, -0.2) is 4.39 Å². The number of amides is 2.